The highest BCUT2D eigenvalue weighted by molar-refractivity contribution is 7.09. The van der Waals surface area contributed by atoms with Gasteiger partial charge in [-0.25, -0.2) is 4.98 Å². The van der Waals surface area contributed by atoms with Crippen molar-refractivity contribution in [1.29, 1.82) is 0 Å². The summed E-state index contributed by atoms with van der Waals surface area (Å²) in [7, 11) is 1.81. The minimum absolute atomic E-state index is 0.523. The second-order valence-corrected chi connectivity index (χ2v) is 5.75. The average Bonchev–Trinajstić information content (AvgIpc) is 2.86. The van der Waals surface area contributed by atoms with E-state index in [9.17, 15) is 0 Å². The standard InChI is InChI=1S/C14H26N4S/c1-5-6-8-16-14(15-4)17-9-7-12-10-19-13(18-12)11(2)3/h10-11H,5-9H2,1-4H3,(H2,15,16,17). The van der Waals surface area contributed by atoms with E-state index >= 15 is 0 Å². The van der Waals surface area contributed by atoms with E-state index in [1.165, 1.54) is 23.5 Å². The Morgan fingerprint density at radius 3 is 2.68 bits per heavy atom. The second-order valence-electron chi connectivity index (χ2n) is 4.86. The van der Waals surface area contributed by atoms with Crippen LogP contribution in [-0.2, 0) is 6.42 Å². The molecule has 0 spiro atoms. The highest BCUT2D eigenvalue weighted by Gasteiger charge is 2.05. The number of rotatable bonds is 7. The first-order chi connectivity index (χ1) is 9.17. The van der Waals surface area contributed by atoms with Gasteiger partial charge < -0.3 is 10.6 Å². The lowest BCUT2D eigenvalue weighted by Gasteiger charge is -2.10. The summed E-state index contributed by atoms with van der Waals surface area (Å²) in [6.45, 7) is 8.39. The maximum atomic E-state index is 4.63. The molecular weight excluding hydrogens is 256 g/mol. The Morgan fingerprint density at radius 1 is 1.37 bits per heavy atom. The number of aromatic nitrogens is 1. The average molecular weight is 282 g/mol. The van der Waals surface area contributed by atoms with Gasteiger partial charge in [-0.05, 0) is 6.42 Å². The van der Waals surface area contributed by atoms with E-state index in [1.54, 1.807) is 18.4 Å². The molecule has 0 atom stereocenters. The first kappa shape index (κ1) is 16.0. The summed E-state index contributed by atoms with van der Waals surface area (Å²) in [6.07, 6.45) is 3.31. The van der Waals surface area contributed by atoms with Crippen molar-refractivity contribution in [3.05, 3.63) is 16.1 Å². The van der Waals surface area contributed by atoms with Gasteiger partial charge in [-0.15, -0.1) is 11.3 Å². The van der Waals surface area contributed by atoms with E-state index in [0.717, 1.165) is 25.5 Å². The van der Waals surface area contributed by atoms with Crippen LogP contribution in [0.1, 0.15) is 50.2 Å². The molecule has 108 valence electrons. The van der Waals surface area contributed by atoms with Crippen molar-refractivity contribution in [1.82, 2.24) is 15.6 Å². The smallest absolute Gasteiger partial charge is 0.190 e. The summed E-state index contributed by atoms with van der Waals surface area (Å²) in [4.78, 5) is 8.83. The van der Waals surface area contributed by atoms with Crippen LogP contribution in [0.25, 0.3) is 0 Å². The SMILES string of the molecule is CCCCNC(=NC)NCCc1csc(C(C)C)n1. The molecule has 1 aromatic rings. The Labute approximate surface area is 120 Å². The first-order valence-corrected chi connectivity index (χ1v) is 7.94. The summed E-state index contributed by atoms with van der Waals surface area (Å²) in [5.74, 6) is 1.41. The number of hydrogen-bond acceptors (Lipinski definition) is 3. The fraction of sp³-hybridized carbons (Fsp3) is 0.714. The number of hydrogen-bond donors (Lipinski definition) is 2. The fourth-order valence-corrected chi connectivity index (χ4v) is 2.49. The molecule has 0 amide bonds. The van der Waals surface area contributed by atoms with Crippen LogP contribution in [0, 0.1) is 0 Å². The molecule has 5 heteroatoms. The van der Waals surface area contributed by atoms with Crippen LogP contribution in [0.15, 0.2) is 10.4 Å². The van der Waals surface area contributed by atoms with Crippen molar-refractivity contribution in [2.75, 3.05) is 20.1 Å². The molecule has 0 saturated heterocycles. The topological polar surface area (TPSA) is 49.3 Å². The van der Waals surface area contributed by atoms with Crippen molar-refractivity contribution >= 4 is 17.3 Å². The monoisotopic (exact) mass is 282 g/mol. The van der Waals surface area contributed by atoms with E-state index in [-0.39, 0.29) is 0 Å². The minimum atomic E-state index is 0.523. The van der Waals surface area contributed by atoms with Crippen LogP contribution in [0.4, 0.5) is 0 Å². The quantitative estimate of drug-likeness (QED) is 0.459. The zero-order valence-corrected chi connectivity index (χ0v) is 13.3. The number of aliphatic imine (C=N–C) groups is 1. The third-order valence-electron chi connectivity index (χ3n) is 2.78. The molecule has 19 heavy (non-hydrogen) atoms. The molecular formula is C14H26N4S. The Kier molecular flexibility index (Phi) is 7.48. The highest BCUT2D eigenvalue weighted by Crippen LogP contribution is 2.19. The molecule has 0 aliphatic carbocycles. The number of thiazole rings is 1. The van der Waals surface area contributed by atoms with Gasteiger partial charge in [0.15, 0.2) is 5.96 Å². The Hall–Kier alpha value is -1.10. The molecule has 0 radical (unpaired) electrons. The largest absolute Gasteiger partial charge is 0.356 e. The lowest BCUT2D eigenvalue weighted by atomic mass is 10.2. The van der Waals surface area contributed by atoms with E-state index < -0.39 is 0 Å². The van der Waals surface area contributed by atoms with Crippen molar-refractivity contribution in [2.45, 2.75) is 46.0 Å². The molecule has 4 nitrogen and oxygen atoms in total. The summed E-state index contributed by atoms with van der Waals surface area (Å²) in [6, 6.07) is 0. The molecule has 0 aromatic carbocycles. The summed E-state index contributed by atoms with van der Waals surface area (Å²) in [5, 5.41) is 10.00. The number of nitrogens with zero attached hydrogens (tertiary/aromatic N) is 2. The van der Waals surface area contributed by atoms with Crippen LogP contribution < -0.4 is 10.6 Å². The lowest BCUT2D eigenvalue weighted by Crippen LogP contribution is -2.38. The third-order valence-corrected chi connectivity index (χ3v) is 3.98. The fourth-order valence-electron chi connectivity index (χ4n) is 1.62. The molecule has 0 aliphatic heterocycles. The van der Waals surface area contributed by atoms with Gasteiger partial charge in [0.05, 0.1) is 10.7 Å². The summed E-state index contributed by atoms with van der Waals surface area (Å²) in [5.41, 5.74) is 1.17. The molecule has 0 bridgehead atoms. The maximum Gasteiger partial charge on any atom is 0.190 e. The number of guanidine groups is 1. The predicted molar refractivity (Wildman–Crippen MR) is 84.2 cm³/mol. The van der Waals surface area contributed by atoms with E-state index in [0.29, 0.717) is 5.92 Å². The minimum Gasteiger partial charge on any atom is -0.356 e. The predicted octanol–water partition coefficient (Wildman–Crippen LogP) is 2.77. The van der Waals surface area contributed by atoms with E-state index in [1.807, 2.05) is 0 Å². The van der Waals surface area contributed by atoms with Gasteiger partial charge >= 0.3 is 0 Å². The summed E-state index contributed by atoms with van der Waals surface area (Å²) >= 11 is 1.75. The maximum absolute atomic E-state index is 4.63. The lowest BCUT2D eigenvalue weighted by molar-refractivity contribution is 0.724. The van der Waals surface area contributed by atoms with Crippen molar-refractivity contribution < 1.29 is 0 Å². The molecule has 0 aliphatic rings. The first-order valence-electron chi connectivity index (χ1n) is 7.06. The van der Waals surface area contributed by atoms with Crippen LogP contribution in [0.2, 0.25) is 0 Å². The normalized spacial score (nSPS) is 11.9. The van der Waals surface area contributed by atoms with Gasteiger partial charge in [0, 0.05) is 37.9 Å². The molecule has 0 saturated carbocycles. The van der Waals surface area contributed by atoms with E-state index in [4.69, 9.17) is 0 Å². The highest BCUT2D eigenvalue weighted by atomic mass is 32.1. The molecule has 2 N–H and O–H groups in total. The molecule has 1 heterocycles. The molecule has 1 rings (SSSR count). The molecule has 1 aromatic heterocycles. The van der Waals surface area contributed by atoms with Gasteiger partial charge in [0.2, 0.25) is 0 Å². The third kappa shape index (κ3) is 6.05. The summed E-state index contributed by atoms with van der Waals surface area (Å²) < 4.78 is 0. The van der Waals surface area contributed by atoms with Crippen LogP contribution in [0.3, 0.4) is 0 Å². The van der Waals surface area contributed by atoms with Gasteiger partial charge in [0.1, 0.15) is 0 Å². The van der Waals surface area contributed by atoms with Crippen LogP contribution in [0.5, 0.6) is 0 Å². The van der Waals surface area contributed by atoms with Gasteiger partial charge in [0.25, 0.3) is 0 Å². The van der Waals surface area contributed by atoms with Crippen molar-refractivity contribution in [3.63, 3.8) is 0 Å². The van der Waals surface area contributed by atoms with Gasteiger partial charge in [-0.2, -0.15) is 0 Å². The number of unbranched alkanes of at least 4 members (excludes halogenated alkanes) is 1. The Bertz CT molecular complexity index is 385. The van der Waals surface area contributed by atoms with Crippen LogP contribution >= 0.6 is 11.3 Å². The van der Waals surface area contributed by atoms with Gasteiger partial charge in [-0.3, -0.25) is 4.99 Å². The Balaban J connectivity index is 2.27. The van der Waals surface area contributed by atoms with E-state index in [2.05, 4.69) is 46.8 Å². The number of nitrogens with one attached hydrogen (secondary N) is 2. The van der Waals surface area contributed by atoms with Crippen molar-refractivity contribution in [3.8, 4) is 0 Å². The molecule has 0 fully saturated rings. The zero-order valence-electron chi connectivity index (χ0n) is 12.5. The molecule has 0 unspecified atom stereocenters. The second kappa shape index (κ2) is 8.91. The van der Waals surface area contributed by atoms with Crippen molar-refractivity contribution in [2.24, 2.45) is 4.99 Å². The van der Waals surface area contributed by atoms with Crippen LogP contribution in [-0.4, -0.2) is 31.1 Å². The zero-order chi connectivity index (χ0) is 14.1. The Morgan fingerprint density at radius 2 is 2.11 bits per heavy atom. The van der Waals surface area contributed by atoms with Gasteiger partial charge in [-0.1, -0.05) is 27.2 Å².